The van der Waals surface area contributed by atoms with Gasteiger partial charge in [0.2, 0.25) is 0 Å². The fourth-order valence-electron chi connectivity index (χ4n) is 1.91. The fraction of sp³-hybridized carbons (Fsp3) is 1.00. The van der Waals surface area contributed by atoms with E-state index in [9.17, 15) is 10.2 Å². The molecule has 0 N–H and O–H groups in total. The Morgan fingerprint density at radius 2 is 1.00 bits per heavy atom. The van der Waals surface area contributed by atoms with Crippen molar-refractivity contribution in [1.82, 2.24) is 9.80 Å². The molecule has 0 amide bonds. The molecular weight excluding hydrogens is 373 g/mol. The van der Waals surface area contributed by atoms with Crippen molar-refractivity contribution in [1.29, 1.82) is 0 Å². The average Bonchev–Trinajstić information content (AvgIpc) is 2.43. The minimum absolute atomic E-state index is 0. The zero-order valence-corrected chi connectivity index (χ0v) is 16.2. The topological polar surface area (TPSA) is 71.1 Å². The van der Waals surface area contributed by atoms with Crippen molar-refractivity contribution in [3.8, 4) is 0 Å². The van der Waals surface area contributed by atoms with Gasteiger partial charge in [0, 0.05) is 26.2 Å². The quantitative estimate of drug-likeness (QED) is 0.470. The molecule has 2 aliphatic rings. The number of morpholine rings is 2. The van der Waals surface area contributed by atoms with E-state index >= 15 is 0 Å². The van der Waals surface area contributed by atoms with Gasteiger partial charge in [-0.2, -0.15) is 0 Å². The third-order valence-corrected chi connectivity index (χ3v) is 3.02. The zero-order valence-electron chi connectivity index (χ0n) is 11.7. The summed E-state index contributed by atoms with van der Waals surface area (Å²) in [5.74, 6) is 0. The normalized spacial score (nSPS) is 21.2. The predicted octanol–water partition coefficient (Wildman–Crippen LogP) is -3.02. The smallest absolute Gasteiger partial charge is 0.854 e. The molecule has 19 heavy (non-hydrogen) atoms. The van der Waals surface area contributed by atoms with Crippen LogP contribution in [0.2, 0.25) is 0 Å². The summed E-state index contributed by atoms with van der Waals surface area (Å²) < 4.78 is 10.2. The van der Waals surface area contributed by atoms with Crippen LogP contribution < -0.4 is 10.2 Å². The van der Waals surface area contributed by atoms with E-state index in [0.717, 1.165) is 52.6 Å². The van der Waals surface area contributed by atoms with Gasteiger partial charge in [-0.15, -0.1) is 13.2 Å². The van der Waals surface area contributed by atoms with E-state index in [1.54, 1.807) is 0 Å². The third kappa shape index (κ3) is 10.7. The van der Waals surface area contributed by atoms with Gasteiger partial charge in [0.15, 0.2) is 0 Å². The Morgan fingerprint density at radius 3 is 1.26 bits per heavy atom. The van der Waals surface area contributed by atoms with Crippen LogP contribution in [0.3, 0.4) is 0 Å². The molecule has 0 radical (unpaired) electrons. The van der Waals surface area contributed by atoms with Gasteiger partial charge in [-0.1, -0.05) is 0 Å². The van der Waals surface area contributed by atoms with E-state index in [-0.39, 0.29) is 62.1 Å². The van der Waals surface area contributed by atoms with Crippen LogP contribution in [0.4, 0.5) is 0 Å². The van der Waals surface area contributed by atoms with Crippen LogP contribution in [0.1, 0.15) is 0 Å². The summed E-state index contributed by atoms with van der Waals surface area (Å²) in [6.45, 7) is 8.29. The summed E-state index contributed by atoms with van der Waals surface area (Å²) in [6.07, 6.45) is 0. The van der Waals surface area contributed by atoms with Crippen molar-refractivity contribution in [2.24, 2.45) is 0 Å². The van der Waals surface area contributed by atoms with Gasteiger partial charge >= 0.3 is 48.9 Å². The van der Waals surface area contributed by atoms with Gasteiger partial charge in [0.25, 0.3) is 0 Å². The molecule has 2 aliphatic heterocycles. The van der Waals surface area contributed by atoms with Crippen LogP contribution in [-0.2, 0) is 9.47 Å². The molecular formula is C12H24BaN2O4. The molecule has 2 fully saturated rings. The fourth-order valence-corrected chi connectivity index (χ4v) is 1.91. The monoisotopic (exact) mass is 398 g/mol. The van der Waals surface area contributed by atoms with E-state index in [4.69, 9.17) is 9.47 Å². The van der Waals surface area contributed by atoms with Gasteiger partial charge in [0.05, 0.1) is 26.4 Å². The summed E-state index contributed by atoms with van der Waals surface area (Å²) in [5, 5.41) is 20.2. The molecule has 0 aliphatic carbocycles. The first-order valence-electron chi connectivity index (χ1n) is 6.63. The predicted molar refractivity (Wildman–Crippen MR) is 70.0 cm³/mol. The van der Waals surface area contributed by atoms with E-state index < -0.39 is 0 Å². The number of hydrogen-bond acceptors (Lipinski definition) is 6. The average molecular weight is 398 g/mol. The summed E-state index contributed by atoms with van der Waals surface area (Å²) in [4.78, 5) is 4.27. The Labute approximate surface area is 156 Å². The minimum atomic E-state index is 0. The number of nitrogens with zero attached hydrogens (tertiary/aromatic N) is 2. The molecule has 0 aromatic heterocycles. The first kappa shape index (κ1) is 20.3. The zero-order chi connectivity index (χ0) is 13.1. The van der Waals surface area contributed by atoms with Crippen LogP contribution >= 0.6 is 0 Å². The second-order valence-corrected chi connectivity index (χ2v) is 4.32. The van der Waals surface area contributed by atoms with Gasteiger partial charge < -0.3 is 29.5 Å². The van der Waals surface area contributed by atoms with Crippen LogP contribution in [-0.4, -0.2) is 138 Å². The molecule has 2 heterocycles. The number of ether oxygens (including phenoxy) is 2. The molecule has 2 saturated heterocycles. The number of rotatable bonds is 4. The van der Waals surface area contributed by atoms with Crippen molar-refractivity contribution in [3.05, 3.63) is 0 Å². The molecule has 0 spiro atoms. The van der Waals surface area contributed by atoms with E-state index in [1.807, 2.05) is 0 Å². The van der Waals surface area contributed by atoms with E-state index in [2.05, 4.69) is 9.80 Å². The third-order valence-electron chi connectivity index (χ3n) is 3.02. The molecule has 7 heteroatoms. The molecule has 0 saturated carbocycles. The largest absolute Gasteiger partial charge is 2.00 e. The minimum Gasteiger partial charge on any atom is -0.854 e. The Kier molecular flexibility index (Phi) is 15.3. The second kappa shape index (κ2) is 14.3. The van der Waals surface area contributed by atoms with Crippen LogP contribution in [0, 0.1) is 0 Å². The van der Waals surface area contributed by atoms with Crippen LogP contribution in [0.25, 0.3) is 0 Å². The Hall–Kier alpha value is 1.33. The molecule has 0 aromatic carbocycles. The molecule has 6 nitrogen and oxygen atoms in total. The molecule has 0 atom stereocenters. The molecule has 0 aromatic rings. The van der Waals surface area contributed by atoms with E-state index in [1.165, 1.54) is 0 Å². The maximum Gasteiger partial charge on any atom is 2.00 e. The summed E-state index contributed by atoms with van der Waals surface area (Å²) in [5.41, 5.74) is 0. The molecule has 0 bridgehead atoms. The van der Waals surface area contributed by atoms with Crippen molar-refractivity contribution in [2.75, 3.05) is 78.9 Å². The molecule has 108 valence electrons. The van der Waals surface area contributed by atoms with Crippen molar-refractivity contribution in [3.63, 3.8) is 0 Å². The Bertz CT molecular complexity index is 163. The van der Waals surface area contributed by atoms with Gasteiger partial charge in [0.1, 0.15) is 0 Å². The first-order chi connectivity index (χ1) is 8.86. The molecule has 0 unspecified atom stereocenters. The Balaban J connectivity index is 0.000000324. The Morgan fingerprint density at radius 1 is 0.684 bits per heavy atom. The molecule has 2 rings (SSSR count). The van der Waals surface area contributed by atoms with Crippen LogP contribution in [0.15, 0.2) is 0 Å². The van der Waals surface area contributed by atoms with Crippen molar-refractivity contribution >= 4 is 48.9 Å². The SMILES string of the molecule is [Ba+2].[O-]CCN1CCOCC1.[O-]CCN1CCOCC1. The van der Waals surface area contributed by atoms with Crippen molar-refractivity contribution < 1.29 is 19.7 Å². The summed E-state index contributed by atoms with van der Waals surface area (Å²) >= 11 is 0. The van der Waals surface area contributed by atoms with Gasteiger partial charge in [-0.3, -0.25) is 0 Å². The van der Waals surface area contributed by atoms with Gasteiger partial charge in [-0.25, -0.2) is 0 Å². The first-order valence-corrected chi connectivity index (χ1v) is 6.63. The summed E-state index contributed by atoms with van der Waals surface area (Å²) in [6, 6.07) is 0. The van der Waals surface area contributed by atoms with Gasteiger partial charge in [-0.05, 0) is 13.1 Å². The van der Waals surface area contributed by atoms with Crippen molar-refractivity contribution in [2.45, 2.75) is 0 Å². The second-order valence-electron chi connectivity index (χ2n) is 4.32. The summed E-state index contributed by atoms with van der Waals surface area (Å²) in [7, 11) is 0. The standard InChI is InChI=1S/2C6H12NO2.Ba/c2*8-4-1-7-2-5-9-6-3-7;/h2*1-6H2;/q2*-1;+2. The number of hydrogen-bond donors (Lipinski definition) is 0. The van der Waals surface area contributed by atoms with E-state index in [0.29, 0.717) is 13.1 Å². The van der Waals surface area contributed by atoms with Crippen LogP contribution in [0.5, 0.6) is 0 Å². The maximum absolute atomic E-state index is 10.1. The maximum atomic E-state index is 10.1.